The van der Waals surface area contributed by atoms with Crippen LogP contribution in [-0.4, -0.2) is 44.6 Å². The van der Waals surface area contributed by atoms with Crippen molar-refractivity contribution in [1.82, 2.24) is 30.4 Å². The van der Waals surface area contributed by atoms with Crippen LogP contribution in [0.3, 0.4) is 0 Å². The average molecular weight is 409 g/mol. The third-order valence-corrected chi connectivity index (χ3v) is 5.62. The molecule has 0 unspecified atom stereocenters. The Morgan fingerprint density at radius 1 is 1.17 bits per heavy atom. The lowest BCUT2D eigenvalue weighted by Gasteiger charge is -2.27. The summed E-state index contributed by atoms with van der Waals surface area (Å²) in [5.41, 5.74) is 2.18. The summed E-state index contributed by atoms with van der Waals surface area (Å²) in [7, 11) is 3.15. The van der Waals surface area contributed by atoms with Crippen LogP contribution >= 0.6 is 11.3 Å². The molecule has 5 rings (SSSR count). The van der Waals surface area contributed by atoms with Crippen LogP contribution in [0.2, 0.25) is 0 Å². The first-order valence-electron chi connectivity index (χ1n) is 8.64. The summed E-state index contributed by atoms with van der Waals surface area (Å²) in [5.74, 6) is 1.53. The number of tetrazole rings is 1. The van der Waals surface area contributed by atoms with Crippen molar-refractivity contribution in [3.05, 3.63) is 57.2 Å². The van der Waals surface area contributed by atoms with Gasteiger partial charge in [0.15, 0.2) is 11.5 Å². The first kappa shape index (κ1) is 17.4. The van der Waals surface area contributed by atoms with Gasteiger partial charge in [-0.15, -0.1) is 11.3 Å². The Kier molecular flexibility index (Phi) is 4.02. The van der Waals surface area contributed by atoms with Crippen LogP contribution in [0.1, 0.15) is 17.2 Å². The number of thiophene rings is 1. The van der Waals surface area contributed by atoms with Crippen LogP contribution in [0.4, 0.5) is 11.6 Å². The second-order valence-electron chi connectivity index (χ2n) is 6.26. The maximum atomic E-state index is 12.6. The molecule has 0 saturated heterocycles. The van der Waals surface area contributed by atoms with Gasteiger partial charge in [-0.05, 0) is 39.6 Å². The van der Waals surface area contributed by atoms with Crippen molar-refractivity contribution < 1.29 is 9.47 Å². The highest BCUT2D eigenvalue weighted by Crippen LogP contribution is 2.43. The Hall–Kier alpha value is -3.73. The molecule has 11 heteroatoms. The standard InChI is InChI=1S/C18H15N7O3S/c1-27-10-6-5-9(8-11(10)28-2)16-13-14(12-4-3-7-29-12)20-21-17(26)15(13)19-18-22-23-24-25(16)18/h3-8,16H,1-2H3,(H,21,26)(H,19,22,24)/t16-/m1/s1. The number of ether oxygens (including phenoxy) is 2. The fraction of sp³-hybridized carbons (Fsp3) is 0.167. The van der Waals surface area contributed by atoms with E-state index in [4.69, 9.17) is 9.47 Å². The Balaban J connectivity index is 1.80. The molecule has 2 N–H and O–H groups in total. The molecule has 1 aliphatic heterocycles. The molecule has 10 nitrogen and oxygen atoms in total. The first-order valence-corrected chi connectivity index (χ1v) is 9.52. The molecule has 0 fully saturated rings. The van der Waals surface area contributed by atoms with Crippen LogP contribution < -0.4 is 20.3 Å². The van der Waals surface area contributed by atoms with Gasteiger partial charge in [0.2, 0.25) is 5.95 Å². The van der Waals surface area contributed by atoms with Gasteiger partial charge in [-0.25, -0.2) is 5.10 Å². The molecule has 3 aromatic heterocycles. The maximum absolute atomic E-state index is 12.6. The summed E-state index contributed by atoms with van der Waals surface area (Å²) in [4.78, 5) is 13.5. The molecular weight excluding hydrogens is 394 g/mol. The van der Waals surface area contributed by atoms with Gasteiger partial charge in [0.25, 0.3) is 5.56 Å². The molecule has 0 radical (unpaired) electrons. The summed E-state index contributed by atoms with van der Waals surface area (Å²) in [6.07, 6.45) is 0. The topological polar surface area (TPSA) is 120 Å². The molecule has 1 aromatic carbocycles. The van der Waals surface area contributed by atoms with Gasteiger partial charge in [0.05, 0.1) is 19.1 Å². The van der Waals surface area contributed by atoms with Crippen molar-refractivity contribution in [2.75, 3.05) is 19.5 Å². The summed E-state index contributed by atoms with van der Waals surface area (Å²) in [5, 5.41) is 23.8. The van der Waals surface area contributed by atoms with E-state index in [1.807, 2.05) is 35.7 Å². The Morgan fingerprint density at radius 3 is 2.79 bits per heavy atom. The molecular formula is C18H15N7O3S. The van der Waals surface area contributed by atoms with Gasteiger partial charge in [-0.1, -0.05) is 17.2 Å². The summed E-state index contributed by atoms with van der Waals surface area (Å²) in [6.45, 7) is 0. The van der Waals surface area contributed by atoms with Gasteiger partial charge in [-0.3, -0.25) is 4.79 Å². The summed E-state index contributed by atoms with van der Waals surface area (Å²) in [6, 6.07) is 8.96. The van der Waals surface area contributed by atoms with Crippen molar-refractivity contribution in [3.63, 3.8) is 0 Å². The largest absolute Gasteiger partial charge is 0.493 e. The van der Waals surface area contributed by atoms with Crippen LogP contribution in [0.25, 0.3) is 10.6 Å². The van der Waals surface area contributed by atoms with Crippen LogP contribution in [0.15, 0.2) is 40.5 Å². The zero-order valence-electron chi connectivity index (χ0n) is 15.4. The van der Waals surface area contributed by atoms with E-state index in [1.54, 1.807) is 18.9 Å². The zero-order chi connectivity index (χ0) is 20.0. The summed E-state index contributed by atoms with van der Waals surface area (Å²) >= 11 is 1.53. The van der Waals surface area contributed by atoms with Gasteiger partial charge in [0.1, 0.15) is 17.4 Å². The number of rotatable bonds is 4. The number of anilines is 2. The second kappa shape index (κ2) is 6.71. The molecule has 0 amide bonds. The maximum Gasteiger partial charge on any atom is 0.288 e. The van der Waals surface area contributed by atoms with Gasteiger partial charge < -0.3 is 14.8 Å². The first-order chi connectivity index (χ1) is 14.2. The van der Waals surface area contributed by atoms with Gasteiger partial charge >= 0.3 is 0 Å². The molecule has 4 heterocycles. The zero-order valence-corrected chi connectivity index (χ0v) is 16.2. The Morgan fingerprint density at radius 2 is 2.03 bits per heavy atom. The molecule has 1 aliphatic rings. The minimum absolute atomic E-state index is 0.347. The molecule has 0 spiro atoms. The number of H-pyrrole nitrogens is 1. The molecule has 0 bridgehead atoms. The number of aromatic nitrogens is 6. The van der Waals surface area contributed by atoms with E-state index in [-0.39, 0.29) is 5.56 Å². The van der Waals surface area contributed by atoms with Crippen molar-refractivity contribution in [3.8, 4) is 22.1 Å². The highest BCUT2D eigenvalue weighted by atomic mass is 32.1. The van der Waals surface area contributed by atoms with Crippen LogP contribution in [-0.2, 0) is 0 Å². The van der Waals surface area contributed by atoms with Crippen molar-refractivity contribution in [2.45, 2.75) is 6.04 Å². The van der Waals surface area contributed by atoms with E-state index in [1.165, 1.54) is 11.3 Å². The van der Waals surface area contributed by atoms with E-state index in [0.29, 0.717) is 34.4 Å². The smallest absolute Gasteiger partial charge is 0.288 e. The minimum Gasteiger partial charge on any atom is -0.493 e. The van der Waals surface area contributed by atoms with E-state index in [2.05, 4.69) is 31.0 Å². The lowest BCUT2D eigenvalue weighted by molar-refractivity contribution is 0.354. The molecule has 1 atom stereocenters. The Bertz CT molecular complexity index is 1250. The lowest BCUT2D eigenvalue weighted by Crippen LogP contribution is -2.29. The third-order valence-electron chi connectivity index (χ3n) is 4.75. The number of benzene rings is 1. The number of hydrogen-bond donors (Lipinski definition) is 2. The second-order valence-corrected chi connectivity index (χ2v) is 7.20. The Labute approximate surface area is 168 Å². The third kappa shape index (κ3) is 2.66. The quantitative estimate of drug-likeness (QED) is 0.464. The average Bonchev–Trinajstić information content (AvgIpc) is 3.44. The molecule has 0 saturated carbocycles. The van der Waals surface area contributed by atoms with E-state index in [0.717, 1.165) is 10.4 Å². The van der Waals surface area contributed by atoms with E-state index >= 15 is 0 Å². The minimum atomic E-state index is -0.483. The molecule has 4 aromatic rings. The molecule has 0 aliphatic carbocycles. The van der Waals surface area contributed by atoms with Crippen molar-refractivity contribution in [2.24, 2.45) is 0 Å². The monoisotopic (exact) mass is 409 g/mol. The number of nitrogens with zero attached hydrogens (tertiary/aromatic N) is 5. The molecule has 29 heavy (non-hydrogen) atoms. The fourth-order valence-electron chi connectivity index (χ4n) is 3.47. The normalized spacial score (nSPS) is 14.6. The van der Waals surface area contributed by atoms with E-state index < -0.39 is 6.04 Å². The number of fused-ring (bicyclic) bond motifs is 2. The number of methoxy groups -OCH3 is 2. The van der Waals surface area contributed by atoms with Gasteiger partial charge in [0, 0.05) is 5.56 Å². The van der Waals surface area contributed by atoms with E-state index in [9.17, 15) is 4.79 Å². The van der Waals surface area contributed by atoms with Crippen molar-refractivity contribution in [1.29, 1.82) is 0 Å². The lowest BCUT2D eigenvalue weighted by atomic mass is 9.94. The highest BCUT2D eigenvalue weighted by molar-refractivity contribution is 7.13. The number of hydrogen-bond acceptors (Lipinski definition) is 9. The number of nitrogens with one attached hydrogen (secondary N) is 2. The predicted molar refractivity (Wildman–Crippen MR) is 106 cm³/mol. The SMILES string of the molecule is COc1ccc([C@@H]2c3c(-c4cccs4)n[nH]c(=O)c3Nc3nnnn32)cc1OC. The molecule has 146 valence electrons. The fourth-order valence-corrected chi connectivity index (χ4v) is 4.20. The van der Waals surface area contributed by atoms with Gasteiger partial charge in [-0.2, -0.15) is 9.78 Å². The summed E-state index contributed by atoms with van der Waals surface area (Å²) < 4.78 is 12.4. The predicted octanol–water partition coefficient (Wildman–Crippen LogP) is 2.20. The number of aromatic amines is 1. The van der Waals surface area contributed by atoms with Crippen LogP contribution in [0, 0.1) is 0 Å². The highest BCUT2D eigenvalue weighted by Gasteiger charge is 2.35. The van der Waals surface area contributed by atoms with Crippen LogP contribution in [0.5, 0.6) is 11.5 Å². The van der Waals surface area contributed by atoms with Crippen molar-refractivity contribution >= 4 is 23.0 Å².